The third kappa shape index (κ3) is 5.34. The Kier molecular flexibility index (Phi) is 6.55. The Labute approximate surface area is 167 Å². The van der Waals surface area contributed by atoms with E-state index in [1.165, 1.54) is 17.0 Å². The smallest absolute Gasteiger partial charge is 0.416 e. The number of rotatable bonds is 5. The molecule has 158 valence electrons. The molecule has 1 amide bonds. The summed E-state index contributed by atoms with van der Waals surface area (Å²) in [7, 11) is 0. The zero-order valence-corrected chi connectivity index (χ0v) is 16.0. The summed E-state index contributed by atoms with van der Waals surface area (Å²) >= 11 is 0. The average molecular weight is 411 g/mol. The SMILES string of the molecule is C#CCO[C@@H]1CCN(c2cc(C(F)(F)F)ccc2CN2CCN(C(=O)O)CC2)C1. The van der Waals surface area contributed by atoms with Gasteiger partial charge in [0.25, 0.3) is 0 Å². The highest BCUT2D eigenvalue weighted by Crippen LogP contribution is 2.35. The van der Waals surface area contributed by atoms with Gasteiger partial charge < -0.3 is 19.6 Å². The summed E-state index contributed by atoms with van der Waals surface area (Å²) in [5.74, 6) is 2.41. The summed E-state index contributed by atoms with van der Waals surface area (Å²) in [5, 5.41) is 9.07. The Bertz CT molecular complexity index is 770. The predicted octanol–water partition coefficient (Wildman–Crippen LogP) is 2.73. The van der Waals surface area contributed by atoms with Crippen molar-refractivity contribution < 1.29 is 27.8 Å². The number of nitrogens with zero attached hydrogens (tertiary/aromatic N) is 3. The van der Waals surface area contributed by atoms with Crippen molar-refractivity contribution in [3.63, 3.8) is 0 Å². The minimum Gasteiger partial charge on any atom is -0.465 e. The number of hydrogen-bond acceptors (Lipinski definition) is 4. The number of benzene rings is 1. The number of alkyl halides is 3. The molecular formula is C20H24F3N3O3. The number of ether oxygens (including phenoxy) is 1. The van der Waals surface area contributed by atoms with Crippen LogP contribution in [0.25, 0.3) is 0 Å². The largest absolute Gasteiger partial charge is 0.465 e. The van der Waals surface area contributed by atoms with Gasteiger partial charge in [0.2, 0.25) is 0 Å². The molecular weight excluding hydrogens is 387 g/mol. The third-order valence-electron chi connectivity index (χ3n) is 5.34. The van der Waals surface area contributed by atoms with Gasteiger partial charge in [0, 0.05) is 51.5 Å². The molecule has 1 atom stereocenters. The van der Waals surface area contributed by atoms with Crippen LogP contribution in [0.5, 0.6) is 0 Å². The lowest BCUT2D eigenvalue weighted by Gasteiger charge is -2.34. The third-order valence-corrected chi connectivity index (χ3v) is 5.34. The van der Waals surface area contributed by atoms with E-state index in [0.717, 1.165) is 11.6 Å². The van der Waals surface area contributed by atoms with E-state index in [4.69, 9.17) is 16.3 Å². The van der Waals surface area contributed by atoms with Gasteiger partial charge >= 0.3 is 12.3 Å². The van der Waals surface area contributed by atoms with Crippen LogP contribution < -0.4 is 4.90 Å². The van der Waals surface area contributed by atoms with Gasteiger partial charge in [0.1, 0.15) is 6.61 Å². The Balaban J connectivity index is 1.76. The molecule has 2 heterocycles. The van der Waals surface area contributed by atoms with E-state index in [9.17, 15) is 18.0 Å². The quantitative estimate of drug-likeness (QED) is 0.756. The fourth-order valence-electron chi connectivity index (χ4n) is 3.76. The molecule has 0 spiro atoms. The van der Waals surface area contributed by atoms with Gasteiger partial charge in [-0.1, -0.05) is 12.0 Å². The first-order chi connectivity index (χ1) is 13.8. The second-order valence-corrected chi connectivity index (χ2v) is 7.26. The van der Waals surface area contributed by atoms with Gasteiger partial charge in [-0.2, -0.15) is 13.2 Å². The predicted molar refractivity (Wildman–Crippen MR) is 102 cm³/mol. The van der Waals surface area contributed by atoms with Crippen molar-refractivity contribution in [2.75, 3.05) is 50.8 Å². The number of terminal acetylenes is 1. The van der Waals surface area contributed by atoms with Crippen molar-refractivity contribution >= 4 is 11.8 Å². The van der Waals surface area contributed by atoms with Crippen LogP contribution in [-0.2, 0) is 17.5 Å². The molecule has 29 heavy (non-hydrogen) atoms. The fourth-order valence-corrected chi connectivity index (χ4v) is 3.76. The van der Waals surface area contributed by atoms with Gasteiger partial charge in [0.05, 0.1) is 11.7 Å². The highest BCUT2D eigenvalue weighted by atomic mass is 19.4. The maximum absolute atomic E-state index is 13.3. The molecule has 0 aromatic heterocycles. The van der Waals surface area contributed by atoms with Crippen LogP contribution in [0.1, 0.15) is 17.5 Å². The molecule has 2 fully saturated rings. The van der Waals surface area contributed by atoms with Crippen LogP contribution in [0.15, 0.2) is 18.2 Å². The second kappa shape index (κ2) is 8.93. The summed E-state index contributed by atoms with van der Waals surface area (Å²) < 4.78 is 45.4. The highest BCUT2D eigenvalue weighted by molar-refractivity contribution is 5.65. The molecule has 0 radical (unpaired) electrons. The van der Waals surface area contributed by atoms with Crippen molar-refractivity contribution in [1.29, 1.82) is 0 Å². The Hall–Kier alpha value is -2.44. The minimum absolute atomic E-state index is 0.104. The first kappa shape index (κ1) is 21.3. The second-order valence-electron chi connectivity index (χ2n) is 7.26. The number of amides is 1. The van der Waals surface area contributed by atoms with Gasteiger partial charge in [0.15, 0.2) is 0 Å². The topological polar surface area (TPSA) is 56.2 Å². The lowest BCUT2D eigenvalue weighted by atomic mass is 10.1. The van der Waals surface area contributed by atoms with Crippen LogP contribution in [0.2, 0.25) is 0 Å². The molecule has 6 nitrogen and oxygen atoms in total. The summed E-state index contributed by atoms with van der Waals surface area (Å²) in [6, 6.07) is 3.83. The summed E-state index contributed by atoms with van der Waals surface area (Å²) in [6.45, 7) is 3.59. The molecule has 0 aliphatic carbocycles. The van der Waals surface area contributed by atoms with Crippen molar-refractivity contribution in [1.82, 2.24) is 9.80 Å². The van der Waals surface area contributed by atoms with Crippen LogP contribution >= 0.6 is 0 Å². The molecule has 2 aliphatic heterocycles. The Morgan fingerprint density at radius 3 is 2.59 bits per heavy atom. The number of halogens is 3. The van der Waals surface area contributed by atoms with Crippen molar-refractivity contribution in [2.24, 2.45) is 0 Å². The highest BCUT2D eigenvalue weighted by Gasteiger charge is 2.33. The number of hydrogen-bond donors (Lipinski definition) is 1. The Morgan fingerprint density at radius 1 is 1.24 bits per heavy atom. The van der Waals surface area contributed by atoms with Gasteiger partial charge in [-0.3, -0.25) is 4.90 Å². The van der Waals surface area contributed by atoms with E-state index >= 15 is 0 Å². The van der Waals surface area contributed by atoms with Gasteiger partial charge in [-0.15, -0.1) is 6.42 Å². The number of carbonyl (C=O) groups is 1. The maximum atomic E-state index is 13.3. The van der Waals surface area contributed by atoms with E-state index < -0.39 is 17.8 Å². The van der Waals surface area contributed by atoms with E-state index in [-0.39, 0.29) is 12.7 Å². The number of piperazine rings is 1. The zero-order chi connectivity index (χ0) is 21.0. The van der Waals surface area contributed by atoms with E-state index in [0.29, 0.717) is 57.9 Å². The average Bonchev–Trinajstić information content (AvgIpc) is 3.15. The molecule has 0 unspecified atom stereocenters. The molecule has 3 rings (SSSR count). The summed E-state index contributed by atoms with van der Waals surface area (Å²) in [4.78, 5) is 16.4. The molecule has 9 heteroatoms. The van der Waals surface area contributed by atoms with Crippen molar-refractivity contribution in [3.8, 4) is 12.3 Å². The lowest BCUT2D eigenvalue weighted by molar-refractivity contribution is -0.137. The molecule has 1 aromatic rings. The molecule has 1 aromatic carbocycles. The zero-order valence-electron chi connectivity index (χ0n) is 16.0. The molecule has 1 N–H and O–H groups in total. The van der Waals surface area contributed by atoms with Crippen molar-refractivity contribution in [3.05, 3.63) is 29.3 Å². The molecule has 0 saturated carbocycles. The molecule has 0 bridgehead atoms. The molecule has 2 aliphatic rings. The summed E-state index contributed by atoms with van der Waals surface area (Å²) in [5.41, 5.74) is 0.659. The lowest BCUT2D eigenvalue weighted by Crippen LogP contribution is -2.47. The van der Waals surface area contributed by atoms with Crippen molar-refractivity contribution in [2.45, 2.75) is 25.2 Å². The van der Waals surface area contributed by atoms with E-state index in [1.54, 1.807) is 0 Å². The van der Waals surface area contributed by atoms with Gasteiger partial charge in [-0.25, -0.2) is 4.79 Å². The monoisotopic (exact) mass is 411 g/mol. The van der Waals surface area contributed by atoms with E-state index in [1.807, 2.05) is 4.90 Å². The van der Waals surface area contributed by atoms with Gasteiger partial charge in [-0.05, 0) is 24.1 Å². The first-order valence-electron chi connectivity index (χ1n) is 9.48. The van der Waals surface area contributed by atoms with Crippen LogP contribution in [0.3, 0.4) is 0 Å². The minimum atomic E-state index is -4.42. The van der Waals surface area contributed by atoms with E-state index in [2.05, 4.69) is 10.8 Å². The fraction of sp³-hybridized carbons (Fsp3) is 0.550. The van der Waals surface area contributed by atoms with Crippen LogP contribution in [0, 0.1) is 12.3 Å². The molecule has 2 saturated heterocycles. The number of anilines is 1. The Morgan fingerprint density at radius 2 is 1.97 bits per heavy atom. The summed E-state index contributed by atoms with van der Waals surface area (Å²) in [6.07, 6.45) is 0.450. The normalized spacial score (nSPS) is 20.7. The van der Waals surface area contributed by atoms with Crippen LogP contribution in [-0.4, -0.2) is 73.0 Å². The maximum Gasteiger partial charge on any atom is 0.416 e. The standard InChI is InChI=1S/C20H24F3N3O3/c1-2-11-29-17-5-6-26(14-17)18-12-16(20(21,22)23)4-3-15(18)13-24-7-9-25(10-8-24)19(27)28/h1,3-4,12,17H,5-11,13-14H2,(H,27,28)/t17-/m1/s1. The van der Waals surface area contributed by atoms with Crippen LogP contribution in [0.4, 0.5) is 23.7 Å². The number of carboxylic acid groups (broad SMARTS) is 1. The first-order valence-corrected chi connectivity index (χ1v) is 9.48.